The van der Waals surface area contributed by atoms with E-state index in [2.05, 4.69) is 55.6 Å². The van der Waals surface area contributed by atoms with Crippen LogP contribution in [-0.4, -0.2) is 0 Å². The van der Waals surface area contributed by atoms with E-state index in [1.165, 1.54) is 18.4 Å². The van der Waals surface area contributed by atoms with Gasteiger partial charge in [-0.15, -0.1) is 13.2 Å². The highest BCUT2D eigenvalue weighted by molar-refractivity contribution is 5.24. The minimum atomic E-state index is 0.621. The summed E-state index contributed by atoms with van der Waals surface area (Å²) in [4.78, 5) is 0. The third kappa shape index (κ3) is 2.04. The van der Waals surface area contributed by atoms with Gasteiger partial charge in [0.1, 0.15) is 0 Å². The lowest BCUT2D eigenvalue weighted by atomic mass is 9.89. The zero-order valence-electron chi connectivity index (χ0n) is 9.10. The molecule has 0 amide bonds. The van der Waals surface area contributed by atoms with Crippen molar-refractivity contribution in [1.29, 1.82) is 0 Å². The van der Waals surface area contributed by atoms with Gasteiger partial charge in [-0.3, -0.25) is 0 Å². The third-order valence-electron chi connectivity index (χ3n) is 3.51. The maximum atomic E-state index is 3.95. The molecule has 1 aliphatic carbocycles. The molecule has 1 saturated carbocycles. The first-order chi connectivity index (χ1) is 7.35. The van der Waals surface area contributed by atoms with Crippen LogP contribution in [-0.2, 0) is 0 Å². The van der Waals surface area contributed by atoms with Crippen LogP contribution in [0.25, 0.3) is 0 Å². The predicted molar refractivity (Wildman–Crippen MR) is 65.8 cm³/mol. The summed E-state index contributed by atoms with van der Waals surface area (Å²) in [7, 11) is 0. The average Bonchev–Trinajstić information content (AvgIpc) is 2.73. The molecule has 0 radical (unpaired) electrons. The predicted octanol–water partition coefficient (Wildman–Crippen LogP) is 4.17. The summed E-state index contributed by atoms with van der Waals surface area (Å²) >= 11 is 0. The van der Waals surface area contributed by atoms with E-state index in [0.717, 1.165) is 0 Å². The van der Waals surface area contributed by atoms with Gasteiger partial charge in [0.2, 0.25) is 0 Å². The fourth-order valence-electron chi connectivity index (χ4n) is 2.65. The van der Waals surface area contributed by atoms with Gasteiger partial charge < -0.3 is 0 Å². The summed E-state index contributed by atoms with van der Waals surface area (Å²) in [5.74, 6) is 1.93. The molecule has 0 N–H and O–H groups in total. The Morgan fingerprint density at radius 2 is 1.73 bits per heavy atom. The molecule has 3 atom stereocenters. The highest BCUT2D eigenvalue weighted by Gasteiger charge is 2.31. The largest absolute Gasteiger partial charge is 0.103 e. The van der Waals surface area contributed by atoms with Crippen molar-refractivity contribution < 1.29 is 0 Å². The van der Waals surface area contributed by atoms with Crippen LogP contribution < -0.4 is 0 Å². The van der Waals surface area contributed by atoms with Gasteiger partial charge in [0, 0.05) is 0 Å². The third-order valence-corrected chi connectivity index (χ3v) is 3.51. The Balaban J connectivity index is 2.21. The van der Waals surface area contributed by atoms with Gasteiger partial charge in [-0.05, 0) is 36.2 Å². The van der Waals surface area contributed by atoms with Crippen LogP contribution in [0.4, 0.5) is 0 Å². The number of benzene rings is 1. The van der Waals surface area contributed by atoms with Crippen molar-refractivity contribution in [1.82, 2.24) is 0 Å². The van der Waals surface area contributed by atoms with Gasteiger partial charge >= 0.3 is 0 Å². The molecule has 0 heteroatoms. The minimum Gasteiger partial charge on any atom is -0.103 e. The SMILES string of the molecule is C=CC1CC(C=C)C(c2ccccc2)C1. The molecule has 0 aliphatic heterocycles. The maximum absolute atomic E-state index is 3.95. The second-order valence-corrected chi connectivity index (χ2v) is 4.38. The van der Waals surface area contributed by atoms with Gasteiger partial charge in [-0.1, -0.05) is 42.5 Å². The summed E-state index contributed by atoms with van der Waals surface area (Å²) in [6, 6.07) is 10.8. The van der Waals surface area contributed by atoms with E-state index in [1.807, 2.05) is 0 Å². The Hall–Kier alpha value is -1.30. The molecule has 1 aliphatic rings. The van der Waals surface area contributed by atoms with Crippen molar-refractivity contribution in [3.63, 3.8) is 0 Å². The molecular weight excluding hydrogens is 180 g/mol. The number of hydrogen-bond acceptors (Lipinski definition) is 0. The molecule has 3 unspecified atom stereocenters. The van der Waals surface area contributed by atoms with Gasteiger partial charge in [0.25, 0.3) is 0 Å². The summed E-state index contributed by atoms with van der Waals surface area (Å²) in [5.41, 5.74) is 1.45. The van der Waals surface area contributed by atoms with Crippen LogP contribution in [0.1, 0.15) is 24.3 Å². The Bertz CT molecular complexity index is 336. The lowest BCUT2D eigenvalue weighted by Gasteiger charge is -2.15. The monoisotopic (exact) mass is 198 g/mol. The van der Waals surface area contributed by atoms with Crippen LogP contribution in [0, 0.1) is 11.8 Å². The van der Waals surface area contributed by atoms with E-state index in [4.69, 9.17) is 0 Å². The molecule has 2 rings (SSSR count). The highest BCUT2D eigenvalue weighted by Crippen LogP contribution is 2.43. The van der Waals surface area contributed by atoms with E-state index in [1.54, 1.807) is 0 Å². The maximum Gasteiger partial charge on any atom is -0.00933 e. The van der Waals surface area contributed by atoms with Crippen LogP contribution in [0.2, 0.25) is 0 Å². The molecule has 0 aromatic heterocycles. The Morgan fingerprint density at radius 3 is 2.33 bits per heavy atom. The van der Waals surface area contributed by atoms with Gasteiger partial charge in [0.15, 0.2) is 0 Å². The normalized spacial score (nSPS) is 30.0. The first-order valence-corrected chi connectivity index (χ1v) is 5.65. The molecule has 0 saturated heterocycles. The topological polar surface area (TPSA) is 0 Å². The standard InChI is InChI=1S/C15H18/c1-3-12-10-13(4-2)15(11-12)14-8-6-5-7-9-14/h3-9,12-13,15H,1-2,10-11H2. The number of allylic oxidation sites excluding steroid dienone is 2. The van der Waals surface area contributed by atoms with Crippen molar-refractivity contribution in [3.8, 4) is 0 Å². The smallest absolute Gasteiger partial charge is 0.00933 e. The van der Waals surface area contributed by atoms with Gasteiger partial charge in [-0.25, -0.2) is 0 Å². The van der Waals surface area contributed by atoms with Crippen molar-refractivity contribution in [2.45, 2.75) is 18.8 Å². The average molecular weight is 198 g/mol. The molecule has 0 nitrogen and oxygen atoms in total. The molecule has 0 bridgehead atoms. The van der Waals surface area contributed by atoms with Crippen LogP contribution in [0.5, 0.6) is 0 Å². The van der Waals surface area contributed by atoms with Gasteiger partial charge in [-0.2, -0.15) is 0 Å². The quantitative estimate of drug-likeness (QED) is 0.639. The second kappa shape index (κ2) is 4.48. The van der Waals surface area contributed by atoms with E-state index in [0.29, 0.717) is 17.8 Å². The number of rotatable bonds is 3. The number of hydrogen-bond donors (Lipinski definition) is 0. The second-order valence-electron chi connectivity index (χ2n) is 4.38. The van der Waals surface area contributed by atoms with Crippen LogP contribution in [0.15, 0.2) is 55.6 Å². The minimum absolute atomic E-state index is 0.621. The summed E-state index contributed by atoms with van der Waals surface area (Å²) in [5, 5.41) is 0. The first-order valence-electron chi connectivity index (χ1n) is 5.65. The zero-order valence-corrected chi connectivity index (χ0v) is 9.10. The first kappa shape index (κ1) is 10.2. The summed E-state index contributed by atoms with van der Waals surface area (Å²) < 4.78 is 0. The molecule has 78 valence electrons. The Morgan fingerprint density at radius 1 is 1.00 bits per heavy atom. The van der Waals surface area contributed by atoms with Crippen molar-refractivity contribution in [3.05, 3.63) is 61.2 Å². The lowest BCUT2D eigenvalue weighted by molar-refractivity contribution is 0.591. The molecular formula is C15H18. The molecule has 0 spiro atoms. The Labute approximate surface area is 92.3 Å². The van der Waals surface area contributed by atoms with E-state index >= 15 is 0 Å². The van der Waals surface area contributed by atoms with Crippen molar-refractivity contribution in [2.24, 2.45) is 11.8 Å². The van der Waals surface area contributed by atoms with Crippen molar-refractivity contribution >= 4 is 0 Å². The fraction of sp³-hybridized carbons (Fsp3) is 0.333. The highest BCUT2D eigenvalue weighted by atomic mass is 14.4. The molecule has 1 aromatic carbocycles. The molecule has 1 fully saturated rings. The van der Waals surface area contributed by atoms with Crippen LogP contribution >= 0.6 is 0 Å². The van der Waals surface area contributed by atoms with Crippen molar-refractivity contribution in [2.75, 3.05) is 0 Å². The molecule has 15 heavy (non-hydrogen) atoms. The van der Waals surface area contributed by atoms with E-state index in [-0.39, 0.29) is 0 Å². The molecule has 1 aromatic rings. The fourth-order valence-corrected chi connectivity index (χ4v) is 2.65. The molecule has 0 heterocycles. The summed E-state index contributed by atoms with van der Waals surface area (Å²) in [6.07, 6.45) is 6.65. The lowest BCUT2D eigenvalue weighted by Crippen LogP contribution is -2.02. The van der Waals surface area contributed by atoms with Crippen LogP contribution in [0.3, 0.4) is 0 Å². The summed E-state index contributed by atoms with van der Waals surface area (Å²) in [6.45, 7) is 7.86. The van der Waals surface area contributed by atoms with E-state index < -0.39 is 0 Å². The van der Waals surface area contributed by atoms with Gasteiger partial charge in [0.05, 0.1) is 0 Å². The Kier molecular flexibility index (Phi) is 3.05. The zero-order chi connectivity index (χ0) is 10.7. The van der Waals surface area contributed by atoms with E-state index in [9.17, 15) is 0 Å².